The molecule has 0 fully saturated rings. The van der Waals surface area contributed by atoms with Crippen LogP contribution in [0.1, 0.15) is 22.3 Å². The topological polar surface area (TPSA) is 113 Å². The number of benzene rings is 2. The first-order valence-electron chi connectivity index (χ1n) is 8.60. The predicted molar refractivity (Wildman–Crippen MR) is 129 cm³/mol. The number of anilines is 2. The van der Waals surface area contributed by atoms with E-state index >= 15 is 0 Å². The zero-order valence-corrected chi connectivity index (χ0v) is 20.2. The number of hydrogen-bond donors (Lipinski definition) is 3. The van der Waals surface area contributed by atoms with Crippen LogP contribution in [0.2, 0.25) is 0 Å². The minimum absolute atomic E-state index is 0.0649. The molecule has 0 saturated heterocycles. The second-order valence-corrected chi connectivity index (χ2v) is 10.2. The van der Waals surface area contributed by atoms with E-state index in [0.717, 1.165) is 8.58 Å². The normalized spacial score (nSPS) is 11.0. The number of halogens is 1. The molecule has 1 aromatic heterocycles. The first-order valence-corrected chi connectivity index (χ1v) is 12.4. The molecule has 1 amide bonds. The highest BCUT2D eigenvalue weighted by Gasteiger charge is 2.17. The highest BCUT2D eigenvalue weighted by molar-refractivity contribution is 14.1. The van der Waals surface area contributed by atoms with Crippen molar-refractivity contribution in [2.24, 2.45) is 0 Å². The van der Waals surface area contributed by atoms with E-state index in [1.807, 2.05) is 19.1 Å². The zero-order chi connectivity index (χ0) is 21.7. The molecule has 0 atom stereocenters. The summed E-state index contributed by atoms with van der Waals surface area (Å²) in [6, 6.07) is 13.1. The molecule has 0 unspecified atom stereocenters. The molecule has 3 N–H and O–H groups in total. The van der Waals surface area contributed by atoms with Gasteiger partial charge in [-0.3, -0.25) is 14.8 Å². The lowest BCUT2D eigenvalue weighted by Gasteiger charge is -2.11. The number of hydrogen-bond acceptors (Lipinski definition) is 7. The number of carbonyl (C=O) groups is 1. The van der Waals surface area contributed by atoms with Gasteiger partial charge in [-0.25, -0.2) is 8.42 Å². The molecule has 30 heavy (non-hydrogen) atoms. The molecule has 156 valence electrons. The highest BCUT2D eigenvalue weighted by Crippen LogP contribution is 2.21. The summed E-state index contributed by atoms with van der Waals surface area (Å²) in [5.41, 5.74) is 1.05. The van der Waals surface area contributed by atoms with Crippen molar-refractivity contribution in [3.8, 4) is 0 Å². The van der Waals surface area contributed by atoms with Crippen LogP contribution in [-0.2, 0) is 16.4 Å². The molecule has 0 bridgehead atoms. The van der Waals surface area contributed by atoms with E-state index in [4.69, 9.17) is 12.2 Å². The SMILES string of the molecule is CCc1nnc(NS(=O)(=O)c2ccc(NC(=S)NC(=O)c3ccccc3I)cc2)s1. The first kappa shape index (κ1) is 22.5. The van der Waals surface area contributed by atoms with Crippen molar-refractivity contribution in [1.82, 2.24) is 15.5 Å². The van der Waals surface area contributed by atoms with Crippen molar-refractivity contribution in [2.45, 2.75) is 18.2 Å². The van der Waals surface area contributed by atoms with Gasteiger partial charge in [-0.05, 0) is 77.6 Å². The lowest BCUT2D eigenvalue weighted by atomic mass is 10.2. The Labute approximate surface area is 196 Å². The van der Waals surface area contributed by atoms with Crippen LogP contribution in [0.15, 0.2) is 53.4 Å². The third-order valence-electron chi connectivity index (χ3n) is 3.76. The maximum Gasteiger partial charge on any atom is 0.263 e. The number of carbonyl (C=O) groups excluding carboxylic acids is 1. The van der Waals surface area contributed by atoms with Gasteiger partial charge in [0, 0.05) is 9.26 Å². The molecule has 0 aliphatic heterocycles. The average Bonchev–Trinajstić information content (AvgIpc) is 3.15. The molecule has 3 aromatic rings. The van der Waals surface area contributed by atoms with Gasteiger partial charge in [0.15, 0.2) is 5.11 Å². The van der Waals surface area contributed by atoms with E-state index in [2.05, 4.69) is 48.1 Å². The van der Waals surface area contributed by atoms with Gasteiger partial charge in [0.1, 0.15) is 5.01 Å². The van der Waals surface area contributed by atoms with Crippen molar-refractivity contribution >= 4 is 78.0 Å². The number of sulfonamides is 1. The third-order valence-corrected chi connectivity index (χ3v) is 7.37. The molecule has 3 rings (SSSR count). The van der Waals surface area contributed by atoms with Crippen LogP contribution in [0.4, 0.5) is 10.8 Å². The monoisotopic (exact) mass is 573 g/mol. The Morgan fingerprint density at radius 2 is 1.83 bits per heavy atom. The van der Waals surface area contributed by atoms with Crippen molar-refractivity contribution in [2.75, 3.05) is 10.0 Å². The quantitative estimate of drug-likeness (QED) is 0.305. The van der Waals surface area contributed by atoms with Gasteiger partial charge in [0.2, 0.25) is 5.13 Å². The van der Waals surface area contributed by atoms with Crippen LogP contribution in [0.5, 0.6) is 0 Å². The largest absolute Gasteiger partial charge is 0.332 e. The van der Waals surface area contributed by atoms with Crippen molar-refractivity contribution < 1.29 is 13.2 Å². The summed E-state index contributed by atoms with van der Waals surface area (Å²) in [6.07, 6.45) is 0.680. The number of amides is 1. The second-order valence-electron chi connectivity index (χ2n) is 5.87. The Kier molecular flexibility index (Phi) is 7.33. The van der Waals surface area contributed by atoms with Gasteiger partial charge in [-0.1, -0.05) is 30.4 Å². The molecule has 2 aromatic carbocycles. The fraction of sp³-hybridized carbons (Fsp3) is 0.111. The summed E-state index contributed by atoms with van der Waals surface area (Å²) >= 11 is 8.43. The summed E-state index contributed by atoms with van der Waals surface area (Å²) in [5, 5.41) is 14.2. The van der Waals surface area contributed by atoms with Crippen LogP contribution in [0.25, 0.3) is 0 Å². The first-order chi connectivity index (χ1) is 14.3. The van der Waals surface area contributed by atoms with Crippen LogP contribution in [0.3, 0.4) is 0 Å². The Balaban J connectivity index is 1.63. The molecule has 0 aliphatic rings. The lowest BCUT2D eigenvalue weighted by molar-refractivity contribution is 0.0977. The second kappa shape index (κ2) is 9.76. The summed E-state index contributed by atoms with van der Waals surface area (Å²) in [6.45, 7) is 1.91. The molecule has 0 radical (unpaired) electrons. The molecular weight excluding hydrogens is 557 g/mol. The van der Waals surface area contributed by atoms with Crippen molar-refractivity contribution in [1.29, 1.82) is 0 Å². The fourth-order valence-electron chi connectivity index (χ4n) is 2.31. The van der Waals surface area contributed by atoms with Gasteiger partial charge in [-0.2, -0.15) is 0 Å². The van der Waals surface area contributed by atoms with Crippen LogP contribution >= 0.6 is 46.1 Å². The van der Waals surface area contributed by atoms with E-state index in [1.165, 1.54) is 23.5 Å². The average molecular weight is 573 g/mol. The number of nitrogens with one attached hydrogen (secondary N) is 3. The van der Waals surface area contributed by atoms with Crippen LogP contribution in [0, 0.1) is 3.57 Å². The molecule has 0 spiro atoms. The van der Waals surface area contributed by atoms with Crippen LogP contribution < -0.4 is 15.4 Å². The smallest absolute Gasteiger partial charge is 0.263 e. The summed E-state index contributed by atoms with van der Waals surface area (Å²) in [5.74, 6) is -0.329. The fourth-order valence-corrected chi connectivity index (χ4v) is 5.06. The predicted octanol–water partition coefficient (Wildman–Crippen LogP) is 3.63. The summed E-state index contributed by atoms with van der Waals surface area (Å²) in [7, 11) is -3.79. The number of rotatable bonds is 6. The van der Waals surface area contributed by atoms with Gasteiger partial charge in [0.25, 0.3) is 15.9 Å². The molecular formula is C18H16IN5O3S3. The van der Waals surface area contributed by atoms with E-state index in [9.17, 15) is 13.2 Å². The van der Waals surface area contributed by atoms with Gasteiger partial charge < -0.3 is 5.32 Å². The minimum Gasteiger partial charge on any atom is -0.332 e. The zero-order valence-electron chi connectivity index (χ0n) is 15.5. The van der Waals surface area contributed by atoms with Gasteiger partial charge in [0.05, 0.1) is 10.5 Å². The summed E-state index contributed by atoms with van der Waals surface area (Å²) < 4.78 is 28.2. The number of aryl methyl sites for hydroxylation is 1. The standard InChI is InChI=1S/C18H16IN5O3S3/c1-2-15-22-23-18(29-15)24-30(26,27)12-9-7-11(8-10-12)20-17(28)21-16(25)13-5-3-4-6-14(13)19/h3-10H,2H2,1H3,(H,23,24)(H2,20,21,25,28). The lowest BCUT2D eigenvalue weighted by Crippen LogP contribution is -2.34. The van der Waals surface area contributed by atoms with E-state index in [1.54, 1.807) is 24.3 Å². The highest BCUT2D eigenvalue weighted by atomic mass is 127. The molecule has 1 heterocycles. The Hall–Kier alpha value is -2.16. The van der Waals surface area contributed by atoms with Crippen molar-refractivity contribution in [3.63, 3.8) is 0 Å². The maximum absolute atomic E-state index is 12.5. The number of nitrogens with zero attached hydrogens (tertiary/aromatic N) is 2. The van der Waals surface area contributed by atoms with Gasteiger partial charge in [-0.15, -0.1) is 10.2 Å². The number of thiocarbonyl (C=S) groups is 1. The van der Waals surface area contributed by atoms with E-state index in [-0.39, 0.29) is 21.0 Å². The molecule has 0 aliphatic carbocycles. The Bertz CT molecular complexity index is 1180. The minimum atomic E-state index is -3.79. The number of aromatic nitrogens is 2. The molecule has 8 nitrogen and oxygen atoms in total. The molecule has 12 heteroatoms. The Morgan fingerprint density at radius 1 is 1.13 bits per heavy atom. The van der Waals surface area contributed by atoms with Crippen LogP contribution in [-0.4, -0.2) is 29.6 Å². The van der Waals surface area contributed by atoms with E-state index in [0.29, 0.717) is 17.7 Å². The van der Waals surface area contributed by atoms with Gasteiger partial charge >= 0.3 is 0 Å². The molecule has 0 saturated carbocycles. The summed E-state index contributed by atoms with van der Waals surface area (Å²) in [4.78, 5) is 12.4. The van der Waals surface area contributed by atoms with E-state index < -0.39 is 10.0 Å². The third kappa shape index (κ3) is 5.71. The maximum atomic E-state index is 12.5. The van der Waals surface area contributed by atoms with Crippen molar-refractivity contribution in [3.05, 3.63) is 62.7 Å². The Morgan fingerprint density at radius 3 is 2.47 bits per heavy atom.